The summed E-state index contributed by atoms with van der Waals surface area (Å²) in [6, 6.07) is 17.9. The number of unbranched alkanes of at least 4 members (excludes halogenated alkanes) is 45. The molecule has 0 saturated heterocycles. The summed E-state index contributed by atoms with van der Waals surface area (Å²) in [7, 11) is 0. The van der Waals surface area contributed by atoms with Crippen molar-refractivity contribution in [1.29, 1.82) is 0 Å². The molecule has 0 fully saturated rings. The van der Waals surface area contributed by atoms with Gasteiger partial charge in [0.2, 0.25) is 11.4 Å². The fourth-order valence-corrected chi connectivity index (χ4v) is 14.4. The second-order valence-corrected chi connectivity index (χ2v) is 28.1. The molecule has 0 amide bonds. The third-order valence-electron chi connectivity index (χ3n) is 17.9. The van der Waals surface area contributed by atoms with Crippen LogP contribution in [0.5, 0.6) is 0 Å². The van der Waals surface area contributed by atoms with Crippen LogP contribution in [0.4, 0.5) is 0 Å². The minimum atomic E-state index is 1.01. The van der Waals surface area contributed by atoms with Crippen LogP contribution in [-0.2, 0) is 30.8 Å². The number of rotatable bonds is 59. The van der Waals surface area contributed by atoms with E-state index in [-0.39, 0.29) is 0 Å². The van der Waals surface area contributed by atoms with Crippen LogP contribution in [-0.4, -0.2) is 4.70 Å². The summed E-state index contributed by atoms with van der Waals surface area (Å²) < 4.78 is 1.55. The van der Waals surface area contributed by atoms with Gasteiger partial charge in [-0.3, -0.25) is 0 Å². The Morgan fingerprint density at radius 2 is 0.549 bits per heavy atom. The van der Waals surface area contributed by atoms with E-state index >= 15 is 0 Å². The quantitative estimate of drug-likeness (QED) is 0.0358. The number of hydrogen-bond acceptors (Lipinski definition) is 0. The zero-order chi connectivity index (χ0) is 58.9. The van der Waals surface area contributed by atoms with Crippen LogP contribution >= 0.6 is 0 Å². The van der Waals surface area contributed by atoms with Gasteiger partial charge in [-0.2, -0.15) is 0 Å². The third-order valence-corrected chi connectivity index (χ3v) is 20.1. The van der Waals surface area contributed by atoms with Crippen molar-refractivity contribution in [2.24, 2.45) is 0 Å². The molecule has 1 aliphatic rings. The third kappa shape index (κ3) is 40.5. The Labute approximate surface area is 522 Å². The van der Waals surface area contributed by atoms with Crippen molar-refractivity contribution in [3.05, 3.63) is 87.5 Å². The van der Waals surface area contributed by atoms with Crippen molar-refractivity contribution >= 4 is 11.4 Å². The molecular weight excluding hydrogens is 1080 g/mol. The molecule has 2 nitrogen and oxygen atoms in total. The molecule has 3 rings (SSSR count). The van der Waals surface area contributed by atoms with Gasteiger partial charge in [-0.25, -0.2) is 4.70 Å². The Bertz CT molecular complexity index is 1730. The van der Waals surface area contributed by atoms with Gasteiger partial charge in [0.25, 0.3) is 0 Å². The Hall–Kier alpha value is -1.82. The van der Waals surface area contributed by atoms with E-state index in [1.165, 1.54) is 330 Å². The molecule has 0 radical (unpaired) electrons. The normalized spacial score (nSPS) is 12.6. The Morgan fingerprint density at radius 3 is 0.927 bits per heavy atom. The van der Waals surface area contributed by atoms with Crippen LogP contribution in [0.3, 0.4) is 0 Å². The second-order valence-electron chi connectivity index (χ2n) is 25.7. The molecule has 0 spiro atoms. The maximum atomic E-state index is 11.8. The average molecular weight is 1220 g/mol. The predicted molar refractivity (Wildman–Crippen MR) is 366 cm³/mol. The number of nitrogens with zero attached hydrogens (tertiary/aromatic N) is 2. The maximum absolute atomic E-state index is 11.8. The van der Waals surface area contributed by atoms with Crippen LogP contribution in [0.2, 0.25) is 9.79 Å². The van der Waals surface area contributed by atoms with E-state index in [1.54, 1.807) is 14.5 Å². The van der Waals surface area contributed by atoms with Gasteiger partial charge >= 0.3 is 169 Å². The van der Waals surface area contributed by atoms with Gasteiger partial charge in [-0.1, -0.05) is 226 Å². The molecule has 2 aromatic carbocycles. The minimum Gasteiger partial charge on any atom is -0.493 e. The molecule has 2 aromatic rings. The van der Waals surface area contributed by atoms with Crippen LogP contribution in [0, 0.1) is 0 Å². The monoisotopic (exact) mass is 1220 g/mol. The van der Waals surface area contributed by atoms with Gasteiger partial charge in [0.1, 0.15) is 0 Å². The van der Waals surface area contributed by atoms with Crippen molar-refractivity contribution in [3.63, 3.8) is 0 Å². The molecule has 476 valence electrons. The number of aryl methyl sites for hydroxylation is 2. The van der Waals surface area contributed by atoms with E-state index in [0.29, 0.717) is 0 Å². The van der Waals surface area contributed by atoms with E-state index in [9.17, 15) is 5.53 Å². The van der Waals surface area contributed by atoms with Crippen molar-refractivity contribution < 1.29 is 22.7 Å². The summed E-state index contributed by atoms with van der Waals surface area (Å²) in [5, 5.41) is 0. The van der Waals surface area contributed by atoms with Crippen molar-refractivity contribution in [2.45, 2.75) is 404 Å². The summed E-state index contributed by atoms with van der Waals surface area (Å²) in [6.07, 6.45) is 77.2. The minimum absolute atomic E-state index is 1.01. The van der Waals surface area contributed by atoms with E-state index in [0.717, 1.165) is 85.4 Å². The van der Waals surface area contributed by atoms with Gasteiger partial charge < -0.3 is 5.53 Å². The van der Waals surface area contributed by atoms with Crippen LogP contribution in [0.15, 0.2) is 59.7 Å². The standard InChI is InChI=1S/C35H50N2.2C22H45.Pd/c1-5-9-13-15-18-29-19-16-20-31(27-29)35-32(21-12-8-4)33(22-14-10-6-2)34(37(35)36)30-25-23-28(24-26-30)17-11-7-3;2*1-3-5-7-9-11-13-15-17-19-21-22-20-18-16-14-12-10-8-6-4-2;/h16,19-20,23-27H,5-15,17-18,21-22H2,1-4H3;2*1,3-22H2,2H3;. The number of benzene rings is 2. The van der Waals surface area contributed by atoms with E-state index in [4.69, 9.17) is 0 Å². The SMILES string of the molecule is CCCCCCCCCCCCCCCCCCCCC[CH2][Pd][CH2]CCCCCCCCCCCCCCCCCCCCC.CCCCCCc1cccc(C2=C(CCCC)C(CCCCC)=C(c3ccc(CCCC)cc3)[N+]2=[N-])c1. The van der Waals surface area contributed by atoms with Gasteiger partial charge in [-0.05, 0) is 86.8 Å². The summed E-state index contributed by atoms with van der Waals surface area (Å²) >= 11 is 1.06. The van der Waals surface area contributed by atoms with E-state index in [2.05, 4.69) is 90.1 Å². The number of hydrogen-bond donors (Lipinski definition) is 0. The summed E-state index contributed by atoms with van der Waals surface area (Å²) in [6.45, 7) is 13.7. The Morgan fingerprint density at radius 1 is 0.268 bits per heavy atom. The molecule has 0 N–H and O–H groups in total. The molecule has 3 heteroatoms. The van der Waals surface area contributed by atoms with Crippen LogP contribution in [0.1, 0.15) is 404 Å². The van der Waals surface area contributed by atoms with Crippen molar-refractivity contribution in [2.75, 3.05) is 0 Å². The Balaban J connectivity index is 0.000000569. The van der Waals surface area contributed by atoms with Crippen LogP contribution < -0.4 is 0 Å². The second kappa shape index (κ2) is 58.2. The van der Waals surface area contributed by atoms with Crippen molar-refractivity contribution in [3.8, 4) is 0 Å². The fraction of sp³-hybridized carbons (Fsp3) is 0.797. The zero-order valence-electron chi connectivity index (χ0n) is 56.1. The smallest absolute Gasteiger partial charge is 0.493 e. The molecular formula is C79H140N2Pd. The molecule has 0 saturated carbocycles. The molecule has 0 aromatic heterocycles. The molecule has 82 heavy (non-hydrogen) atoms. The number of allylic oxidation sites excluding steroid dienone is 2. The summed E-state index contributed by atoms with van der Waals surface area (Å²) in [5.41, 5.74) is 21.6. The van der Waals surface area contributed by atoms with Crippen molar-refractivity contribution in [1.82, 2.24) is 0 Å². The topological polar surface area (TPSA) is 25.3 Å². The zero-order valence-corrected chi connectivity index (χ0v) is 57.7. The van der Waals surface area contributed by atoms with Gasteiger partial charge in [0.15, 0.2) is 0 Å². The van der Waals surface area contributed by atoms with Crippen LogP contribution in [0.25, 0.3) is 16.9 Å². The summed E-state index contributed by atoms with van der Waals surface area (Å²) in [5.74, 6) is 0. The molecule has 1 aliphatic heterocycles. The predicted octanol–water partition coefficient (Wildman–Crippen LogP) is 28.6. The Kier molecular flexibility index (Phi) is 54.2. The molecule has 0 unspecified atom stereocenters. The molecule has 0 aliphatic carbocycles. The van der Waals surface area contributed by atoms with Gasteiger partial charge in [0, 0.05) is 22.3 Å². The van der Waals surface area contributed by atoms with E-state index < -0.39 is 0 Å². The first kappa shape index (κ1) is 76.3. The summed E-state index contributed by atoms with van der Waals surface area (Å²) in [4.78, 5) is 3.10. The van der Waals surface area contributed by atoms with E-state index in [1.807, 2.05) is 0 Å². The van der Waals surface area contributed by atoms with Gasteiger partial charge in [-0.15, -0.1) is 0 Å². The fourth-order valence-electron chi connectivity index (χ4n) is 12.4. The molecule has 0 bridgehead atoms. The molecule has 0 atom stereocenters. The first-order valence-corrected chi connectivity index (χ1v) is 39.3. The van der Waals surface area contributed by atoms with Gasteiger partial charge in [0.05, 0.1) is 0 Å². The molecule has 1 heterocycles. The first-order chi connectivity index (χ1) is 40.6. The average Bonchev–Trinajstić information content (AvgIpc) is 4.00. The first-order valence-electron chi connectivity index (χ1n) is 37.1.